The largest absolute Gasteiger partial charge is 0.244 e. The maximum Gasteiger partial charge on any atom is 0.244 e. The van der Waals surface area contributed by atoms with Crippen molar-refractivity contribution in [1.29, 1.82) is 0 Å². The van der Waals surface area contributed by atoms with Crippen molar-refractivity contribution in [3.8, 4) is 0 Å². The zero-order valence-electron chi connectivity index (χ0n) is 13.8. The normalized spacial score (nSPS) is 16.0. The Morgan fingerprint density at radius 3 is 1.96 bits per heavy atom. The maximum atomic E-state index is 4.51. The summed E-state index contributed by atoms with van der Waals surface area (Å²) >= 11 is 0. The van der Waals surface area contributed by atoms with Gasteiger partial charge in [-0.25, -0.2) is 0 Å². The van der Waals surface area contributed by atoms with Crippen LogP contribution in [0.3, 0.4) is 0 Å². The molecule has 1 heterocycles. The third-order valence-corrected chi connectivity index (χ3v) is 4.46. The molecule has 116 valence electrons. The summed E-state index contributed by atoms with van der Waals surface area (Å²) in [5, 5.41) is 0. The first-order valence-electron chi connectivity index (χ1n) is 8.28. The highest BCUT2D eigenvalue weighted by molar-refractivity contribution is 6.18. The molecule has 23 heavy (non-hydrogen) atoms. The Hall–Kier alpha value is -2.35. The van der Waals surface area contributed by atoms with E-state index in [0.29, 0.717) is 17.8 Å². The minimum atomic E-state index is 0.313. The van der Waals surface area contributed by atoms with Gasteiger partial charge in [0.15, 0.2) is 12.4 Å². The van der Waals surface area contributed by atoms with E-state index in [1.165, 1.54) is 11.1 Å². The second-order valence-electron chi connectivity index (χ2n) is 6.39. The Bertz CT molecular complexity index is 647. The fraction of sp³-hybridized carbons (Fsp3) is 0.286. The van der Waals surface area contributed by atoms with Crippen LogP contribution in [0.5, 0.6) is 0 Å². The SMILES string of the molecule is CC(C)C([C+]1N=CC=N1)C(Cc1ccccc1)c1ccccc1. The predicted molar refractivity (Wildman–Crippen MR) is 97.9 cm³/mol. The van der Waals surface area contributed by atoms with Gasteiger partial charge in [-0.2, -0.15) is 0 Å². The van der Waals surface area contributed by atoms with Gasteiger partial charge in [0.05, 0.1) is 5.92 Å². The molecule has 1 aliphatic rings. The summed E-state index contributed by atoms with van der Waals surface area (Å²) in [4.78, 5) is 9.03. The quantitative estimate of drug-likeness (QED) is 0.676. The number of benzene rings is 2. The molecule has 0 aliphatic carbocycles. The first-order chi connectivity index (χ1) is 11.3. The molecule has 2 nitrogen and oxygen atoms in total. The Morgan fingerprint density at radius 1 is 0.826 bits per heavy atom. The van der Waals surface area contributed by atoms with Crippen molar-refractivity contribution in [1.82, 2.24) is 0 Å². The molecule has 0 fully saturated rings. The van der Waals surface area contributed by atoms with Crippen molar-refractivity contribution in [3.05, 3.63) is 78.0 Å². The Labute approximate surface area is 139 Å². The molecular formula is C21H23N2+. The molecule has 0 N–H and O–H groups in total. The molecule has 0 saturated heterocycles. The van der Waals surface area contributed by atoms with Crippen molar-refractivity contribution in [2.75, 3.05) is 0 Å². The van der Waals surface area contributed by atoms with Crippen molar-refractivity contribution in [2.24, 2.45) is 21.8 Å². The summed E-state index contributed by atoms with van der Waals surface area (Å²) in [7, 11) is 0. The standard InChI is InChI=1S/C21H23N2/c1-16(2)20(21-22-13-14-23-21)19(18-11-7-4-8-12-18)15-17-9-5-3-6-10-17/h3-14,16,19-20H,15H2,1-2H3/q+1. The fourth-order valence-corrected chi connectivity index (χ4v) is 3.39. The zero-order chi connectivity index (χ0) is 16.1. The van der Waals surface area contributed by atoms with Crippen LogP contribution < -0.4 is 0 Å². The summed E-state index contributed by atoms with van der Waals surface area (Å²) in [5.74, 6) is 1.17. The van der Waals surface area contributed by atoms with E-state index in [1.807, 2.05) is 0 Å². The number of aliphatic imine (C=N–C) groups is 2. The number of rotatable bonds is 6. The number of hydrogen-bond acceptors (Lipinski definition) is 2. The van der Waals surface area contributed by atoms with Gasteiger partial charge in [-0.1, -0.05) is 84.5 Å². The zero-order valence-corrected chi connectivity index (χ0v) is 13.8. The Kier molecular flexibility index (Phi) is 4.92. The van der Waals surface area contributed by atoms with Crippen LogP contribution in [0.2, 0.25) is 0 Å². The van der Waals surface area contributed by atoms with E-state index in [2.05, 4.69) is 84.5 Å². The lowest BCUT2D eigenvalue weighted by molar-refractivity contribution is 0.325. The van der Waals surface area contributed by atoms with E-state index in [1.54, 1.807) is 12.4 Å². The Morgan fingerprint density at radius 2 is 1.39 bits per heavy atom. The topological polar surface area (TPSA) is 24.7 Å². The van der Waals surface area contributed by atoms with Crippen molar-refractivity contribution in [3.63, 3.8) is 0 Å². The van der Waals surface area contributed by atoms with Gasteiger partial charge in [-0.3, -0.25) is 0 Å². The molecule has 0 bridgehead atoms. The van der Waals surface area contributed by atoms with Crippen LogP contribution in [0.4, 0.5) is 0 Å². The molecule has 2 aromatic rings. The molecule has 1 aliphatic heterocycles. The first-order valence-corrected chi connectivity index (χ1v) is 8.28. The average molecular weight is 303 g/mol. The van der Waals surface area contributed by atoms with Crippen LogP contribution in [0.15, 0.2) is 70.6 Å². The lowest BCUT2D eigenvalue weighted by atomic mass is 9.74. The van der Waals surface area contributed by atoms with Crippen LogP contribution in [0, 0.1) is 18.0 Å². The maximum absolute atomic E-state index is 4.51. The summed E-state index contributed by atoms with van der Waals surface area (Å²) in [5.41, 5.74) is 2.72. The molecule has 3 rings (SSSR count). The molecule has 2 aromatic carbocycles. The van der Waals surface area contributed by atoms with Gasteiger partial charge in [0, 0.05) is 5.92 Å². The van der Waals surface area contributed by atoms with Gasteiger partial charge in [-0.15, -0.1) is 0 Å². The van der Waals surface area contributed by atoms with Crippen LogP contribution in [0.1, 0.15) is 30.9 Å². The van der Waals surface area contributed by atoms with Gasteiger partial charge in [0.25, 0.3) is 0 Å². The van der Waals surface area contributed by atoms with E-state index in [-0.39, 0.29) is 0 Å². The van der Waals surface area contributed by atoms with Gasteiger partial charge >= 0.3 is 0 Å². The second kappa shape index (κ2) is 7.28. The molecule has 2 unspecified atom stereocenters. The predicted octanol–water partition coefficient (Wildman–Crippen LogP) is 4.93. The Balaban J connectivity index is 1.96. The summed E-state index contributed by atoms with van der Waals surface area (Å²) in [6.45, 7) is 4.53. The minimum absolute atomic E-state index is 0.313. The second-order valence-corrected chi connectivity index (χ2v) is 6.39. The van der Waals surface area contributed by atoms with Crippen molar-refractivity contribution in [2.45, 2.75) is 26.2 Å². The summed E-state index contributed by atoms with van der Waals surface area (Å²) in [6.07, 6.45) is 5.57. The van der Waals surface area contributed by atoms with Crippen LogP contribution in [-0.2, 0) is 6.42 Å². The molecule has 2 heteroatoms. The van der Waals surface area contributed by atoms with Gasteiger partial charge in [-0.05, 0) is 23.5 Å². The smallest absolute Gasteiger partial charge is 0.0965 e. The first kappa shape index (κ1) is 15.5. The lowest BCUT2D eigenvalue weighted by Gasteiger charge is -2.29. The van der Waals surface area contributed by atoms with Crippen LogP contribution >= 0.6 is 0 Å². The molecule has 0 spiro atoms. The number of nitrogens with zero attached hydrogens (tertiary/aromatic N) is 2. The summed E-state index contributed by atoms with van der Waals surface area (Å²) < 4.78 is 0. The van der Waals surface area contributed by atoms with Crippen molar-refractivity contribution >= 4 is 12.4 Å². The highest BCUT2D eigenvalue weighted by Gasteiger charge is 2.38. The third kappa shape index (κ3) is 3.70. The molecule has 0 saturated carbocycles. The average Bonchev–Trinajstić information content (AvgIpc) is 3.10. The van der Waals surface area contributed by atoms with Crippen LogP contribution in [0.25, 0.3) is 0 Å². The van der Waals surface area contributed by atoms with Crippen LogP contribution in [-0.4, -0.2) is 12.4 Å². The molecule has 0 amide bonds. The molecule has 0 aromatic heterocycles. The van der Waals surface area contributed by atoms with E-state index in [4.69, 9.17) is 0 Å². The van der Waals surface area contributed by atoms with Crippen molar-refractivity contribution < 1.29 is 0 Å². The summed E-state index contributed by atoms with van der Waals surface area (Å²) in [6, 6.07) is 21.5. The third-order valence-electron chi connectivity index (χ3n) is 4.46. The van der Waals surface area contributed by atoms with E-state index < -0.39 is 0 Å². The molecule has 0 radical (unpaired) electrons. The highest BCUT2D eigenvalue weighted by atomic mass is 15.0. The minimum Gasteiger partial charge on any atom is -0.0965 e. The molecular weight excluding hydrogens is 280 g/mol. The van der Waals surface area contributed by atoms with Gasteiger partial charge < -0.3 is 0 Å². The molecule has 2 atom stereocenters. The fourth-order valence-electron chi connectivity index (χ4n) is 3.39. The van der Waals surface area contributed by atoms with Gasteiger partial charge in [0.2, 0.25) is 6.17 Å². The van der Waals surface area contributed by atoms with E-state index >= 15 is 0 Å². The number of hydrogen-bond donors (Lipinski definition) is 0. The highest BCUT2D eigenvalue weighted by Crippen LogP contribution is 2.41. The van der Waals surface area contributed by atoms with E-state index in [9.17, 15) is 0 Å². The monoisotopic (exact) mass is 303 g/mol. The lowest BCUT2D eigenvalue weighted by Crippen LogP contribution is -2.25. The van der Waals surface area contributed by atoms with Gasteiger partial charge in [0.1, 0.15) is 0 Å². The van der Waals surface area contributed by atoms with E-state index in [0.717, 1.165) is 12.6 Å².